The number of thioether (sulfide) groups is 1. The van der Waals surface area contributed by atoms with Crippen LogP contribution in [0.15, 0.2) is 47.5 Å². The van der Waals surface area contributed by atoms with Gasteiger partial charge in [0.25, 0.3) is 5.91 Å². The number of fused-ring (bicyclic) bond motifs is 2. The van der Waals surface area contributed by atoms with Crippen molar-refractivity contribution in [1.29, 1.82) is 0 Å². The number of carbonyl (C=O) groups is 2. The number of carboxylic acid groups (broad SMARTS) is 1. The molecule has 5 unspecified atom stereocenters. The fraction of sp³-hybridized carbons (Fsp3) is 0.389. The zero-order valence-electron chi connectivity index (χ0n) is 13.3. The highest BCUT2D eigenvalue weighted by Gasteiger charge is 2.53. The maximum Gasteiger partial charge on any atom is 0.331 e. The Balaban J connectivity index is 1.54. The Morgan fingerprint density at radius 1 is 1.28 bits per heavy atom. The Morgan fingerprint density at radius 2 is 2.04 bits per heavy atom. The van der Waals surface area contributed by atoms with E-state index in [0.717, 1.165) is 24.6 Å². The molecular weight excluding hydrogens is 360 g/mol. The zero-order chi connectivity index (χ0) is 17.6. The minimum absolute atomic E-state index is 0.249. The van der Waals surface area contributed by atoms with Crippen molar-refractivity contribution in [3.05, 3.63) is 48.0 Å². The van der Waals surface area contributed by atoms with E-state index in [1.54, 1.807) is 30.3 Å². The van der Waals surface area contributed by atoms with Crippen molar-refractivity contribution < 1.29 is 14.7 Å². The van der Waals surface area contributed by atoms with Crippen molar-refractivity contribution in [1.82, 2.24) is 5.32 Å². The van der Waals surface area contributed by atoms with Gasteiger partial charge in [-0.25, -0.2) is 4.79 Å². The number of hydrogen-bond acceptors (Lipinski definition) is 4. The number of rotatable bonds is 4. The van der Waals surface area contributed by atoms with Gasteiger partial charge in [-0.05, 0) is 30.2 Å². The van der Waals surface area contributed by atoms with Crippen LogP contribution in [0.1, 0.15) is 18.4 Å². The van der Waals surface area contributed by atoms with Gasteiger partial charge in [-0.15, -0.1) is 0 Å². The molecule has 1 saturated carbocycles. The number of aliphatic carboxylic acids is 1. The third-order valence-electron chi connectivity index (χ3n) is 5.12. The smallest absolute Gasteiger partial charge is 0.331 e. The minimum Gasteiger partial charge on any atom is -0.480 e. The van der Waals surface area contributed by atoms with Gasteiger partial charge in [-0.2, -0.15) is 4.99 Å². The van der Waals surface area contributed by atoms with Gasteiger partial charge in [0.05, 0.1) is 0 Å². The Morgan fingerprint density at radius 3 is 2.64 bits per heavy atom. The number of carbonyl (C=O) groups excluding carboxylic acids is 1. The number of halogens is 1. The van der Waals surface area contributed by atoms with Crippen LogP contribution in [-0.2, 0) is 14.5 Å². The molecule has 1 aromatic rings. The third kappa shape index (κ3) is 2.77. The quantitative estimate of drug-likeness (QED) is 0.624. The lowest BCUT2D eigenvalue weighted by atomic mass is 9.94. The third-order valence-corrected chi connectivity index (χ3v) is 7.07. The second-order valence-electron chi connectivity index (χ2n) is 6.67. The van der Waals surface area contributed by atoms with Gasteiger partial charge >= 0.3 is 5.97 Å². The Labute approximate surface area is 154 Å². The molecule has 130 valence electrons. The van der Waals surface area contributed by atoms with Crippen LogP contribution in [0.25, 0.3) is 0 Å². The lowest BCUT2D eigenvalue weighted by Crippen LogP contribution is -2.43. The first-order chi connectivity index (χ1) is 12.0. The number of benzene rings is 1. The Kier molecular flexibility index (Phi) is 4.12. The van der Waals surface area contributed by atoms with E-state index in [1.807, 2.05) is 0 Å². The fourth-order valence-electron chi connectivity index (χ4n) is 3.84. The van der Waals surface area contributed by atoms with Gasteiger partial charge in [-0.1, -0.05) is 65.8 Å². The highest BCUT2D eigenvalue weighted by atomic mass is 35.5. The molecule has 2 aliphatic carbocycles. The molecule has 0 aromatic heterocycles. The lowest BCUT2D eigenvalue weighted by Gasteiger charge is -2.27. The van der Waals surface area contributed by atoms with E-state index in [4.69, 9.17) is 11.6 Å². The molecule has 25 heavy (non-hydrogen) atoms. The molecular formula is C18H17ClN2O3S. The molecule has 5 atom stereocenters. The number of amides is 1. The molecule has 1 fully saturated rings. The summed E-state index contributed by atoms with van der Waals surface area (Å²) < 4.78 is 0. The predicted molar refractivity (Wildman–Crippen MR) is 97.7 cm³/mol. The maximum absolute atomic E-state index is 12.4. The normalized spacial score (nSPS) is 32.5. The average molecular weight is 377 g/mol. The molecule has 0 saturated heterocycles. The van der Waals surface area contributed by atoms with Gasteiger partial charge in [0.2, 0.25) is 0 Å². The average Bonchev–Trinajstić information content (AvgIpc) is 3.31. The van der Waals surface area contributed by atoms with Crippen molar-refractivity contribution in [3.8, 4) is 0 Å². The maximum atomic E-state index is 12.4. The second kappa shape index (κ2) is 6.18. The van der Waals surface area contributed by atoms with E-state index in [9.17, 15) is 14.7 Å². The van der Waals surface area contributed by atoms with Crippen LogP contribution in [0, 0.1) is 11.8 Å². The summed E-state index contributed by atoms with van der Waals surface area (Å²) in [4.78, 5) is 26.6. The van der Waals surface area contributed by atoms with Gasteiger partial charge in [0, 0.05) is 6.04 Å². The van der Waals surface area contributed by atoms with Gasteiger partial charge < -0.3 is 10.4 Å². The van der Waals surface area contributed by atoms with Crippen LogP contribution in [0.2, 0.25) is 0 Å². The Hall–Kier alpha value is -1.79. The number of allylic oxidation sites excluding steroid dienone is 1. The molecule has 4 rings (SSSR count). The van der Waals surface area contributed by atoms with Crippen LogP contribution in [-0.4, -0.2) is 33.4 Å². The highest BCUT2D eigenvalue weighted by Crippen LogP contribution is 2.44. The first-order valence-electron chi connectivity index (χ1n) is 8.20. The van der Waals surface area contributed by atoms with Crippen molar-refractivity contribution in [2.45, 2.75) is 29.0 Å². The molecule has 0 radical (unpaired) electrons. The Bertz CT molecular complexity index is 782. The molecule has 2 bridgehead atoms. The minimum atomic E-state index is -1.84. The number of nitrogens with one attached hydrogen (secondary N) is 1. The summed E-state index contributed by atoms with van der Waals surface area (Å²) in [5.41, 5.74) is 0.384. The number of aliphatic imine (C=N–C) groups is 1. The topological polar surface area (TPSA) is 78.8 Å². The van der Waals surface area contributed by atoms with E-state index in [1.165, 1.54) is 0 Å². The fourth-order valence-corrected chi connectivity index (χ4v) is 5.33. The van der Waals surface area contributed by atoms with Crippen molar-refractivity contribution in [2.24, 2.45) is 16.8 Å². The molecule has 1 heterocycles. The van der Waals surface area contributed by atoms with Crippen LogP contribution < -0.4 is 5.32 Å². The largest absolute Gasteiger partial charge is 0.480 e. The van der Waals surface area contributed by atoms with E-state index < -0.39 is 22.0 Å². The monoisotopic (exact) mass is 376 g/mol. The highest BCUT2D eigenvalue weighted by molar-refractivity contribution is 8.15. The van der Waals surface area contributed by atoms with E-state index in [2.05, 4.69) is 22.5 Å². The number of nitrogens with zero attached hydrogens (tertiary/aromatic N) is 1. The van der Waals surface area contributed by atoms with Gasteiger partial charge in [-0.3, -0.25) is 4.79 Å². The molecule has 1 amide bonds. The molecule has 5 nitrogen and oxygen atoms in total. The molecule has 3 aliphatic rings. The van der Waals surface area contributed by atoms with Crippen molar-refractivity contribution >= 4 is 40.4 Å². The van der Waals surface area contributed by atoms with E-state index >= 15 is 0 Å². The van der Waals surface area contributed by atoms with E-state index in [-0.39, 0.29) is 6.04 Å². The lowest BCUT2D eigenvalue weighted by molar-refractivity contribution is -0.142. The summed E-state index contributed by atoms with van der Waals surface area (Å²) in [7, 11) is 0. The summed E-state index contributed by atoms with van der Waals surface area (Å²) in [5.74, 6) is -0.703. The molecule has 1 aliphatic heterocycles. The summed E-state index contributed by atoms with van der Waals surface area (Å²) in [6, 6.07) is 8.70. The standard InChI is InChI=1S/C18H17ClN2O3S/c19-18(16(23)24,12-4-2-1-3-5-12)14-15(22)21-17(25-14)20-13-9-10-6-7-11(13)8-10/h1-7,10-11,13-14H,8-9H2,(H,23,24)(H,20,21,22). The summed E-state index contributed by atoms with van der Waals surface area (Å²) in [6.07, 6.45) is 6.59. The first kappa shape index (κ1) is 16.7. The molecule has 2 N–H and O–H groups in total. The van der Waals surface area contributed by atoms with E-state index in [0.29, 0.717) is 22.6 Å². The number of hydrogen-bond donors (Lipinski definition) is 2. The number of carboxylic acids is 1. The van der Waals surface area contributed by atoms with Gasteiger partial charge in [0.15, 0.2) is 10.0 Å². The van der Waals surface area contributed by atoms with Crippen LogP contribution >= 0.6 is 23.4 Å². The second-order valence-corrected chi connectivity index (χ2v) is 8.36. The number of amidine groups is 1. The molecule has 0 spiro atoms. The first-order valence-corrected chi connectivity index (χ1v) is 9.46. The summed E-state index contributed by atoms with van der Waals surface area (Å²) in [6.45, 7) is 0. The van der Waals surface area contributed by atoms with Gasteiger partial charge in [0.1, 0.15) is 5.25 Å². The predicted octanol–water partition coefficient (Wildman–Crippen LogP) is 2.76. The van der Waals surface area contributed by atoms with Crippen molar-refractivity contribution in [2.75, 3.05) is 0 Å². The SMILES string of the molecule is O=C1N=C(NC2CC3C=CC2C3)SC1C(Cl)(C(=O)O)c1ccccc1. The zero-order valence-corrected chi connectivity index (χ0v) is 14.8. The van der Waals surface area contributed by atoms with Crippen LogP contribution in [0.5, 0.6) is 0 Å². The number of alkyl halides is 1. The van der Waals surface area contributed by atoms with Crippen molar-refractivity contribution in [3.63, 3.8) is 0 Å². The van der Waals surface area contributed by atoms with Crippen LogP contribution in [0.3, 0.4) is 0 Å². The molecule has 7 heteroatoms. The summed E-state index contributed by atoms with van der Waals surface area (Å²) >= 11 is 7.61. The molecule has 1 aromatic carbocycles. The van der Waals surface area contributed by atoms with Crippen LogP contribution in [0.4, 0.5) is 0 Å². The summed E-state index contributed by atoms with van der Waals surface area (Å²) in [5, 5.41) is 12.5.